The quantitative estimate of drug-likeness (QED) is 0.550. The molecule has 126 valence electrons. The Hall–Kier alpha value is -2.83. The first-order valence-corrected chi connectivity index (χ1v) is 7.83. The second-order valence-corrected chi connectivity index (χ2v) is 6.17. The maximum absolute atomic E-state index is 12.5. The lowest BCUT2D eigenvalue weighted by atomic mass is 10.1. The van der Waals surface area contributed by atoms with Crippen molar-refractivity contribution in [2.75, 3.05) is 7.11 Å². The van der Waals surface area contributed by atoms with Crippen molar-refractivity contribution in [2.24, 2.45) is 5.92 Å². The number of hydrogen-bond acceptors (Lipinski definition) is 4. The predicted molar refractivity (Wildman–Crippen MR) is 90.0 cm³/mol. The zero-order chi connectivity index (χ0) is 17.3. The van der Waals surface area contributed by atoms with Crippen LogP contribution in [0.5, 0.6) is 5.88 Å². The molecule has 0 fully saturated rings. The van der Waals surface area contributed by atoms with Crippen LogP contribution in [0.3, 0.4) is 0 Å². The van der Waals surface area contributed by atoms with E-state index in [2.05, 4.69) is 15.0 Å². The molecule has 0 aromatic carbocycles. The van der Waals surface area contributed by atoms with Crippen molar-refractivity contribution in [3.05, 3.63) is 57.0 Å². The van der Waals surface area contributed by atoms with Crippen molar-refractivity contribution >= 4 is 11.0 Å². The van der Waals surface area contributed by atoms with E-state index >= 15 is 0 Å². The number of nitrogens with zero attached hydrogens (tertiary/aromatic N) is 2. The largest absolute Gasteiger partial charge is 0.616 e. The molecule has 3 aromatic heterocycles. The first kappa shape index (κ1) is 16.0. The highest BCUT2D eigenvalue weighted by Gasteiger charge is 2.24. The van der Waals surface area contributed by atoms with Gasteiger partial charge < -0.3 is 19.9 Å². The van der Waals surface area contributed by atoms with Crippen LogP contribution in [0.4, 0.5) is 0 Å². The zero-order valence-electron chi connectivity index (χ0n) is 13.9. The number of aromatic amines is 2. The Morgan fingerprint density at radius 1 is 1.42 bits per heavy atom. The van der Waals surface area contributed by atoms with E-state index in [1.165, 1.54) is 7.11 Å². The number of nitrogens with one attached hydrogen (secondary N) is 2. The normalized spacial score (nSPS) is 11.3. The smallest absolute Gasteiger partial charge is 0.400 e. The number of aromatic nitrogens is 4. The van der Waals surface area contributed by atoms with Gasteiger partial charge in [-0.25, -0.2) is 4.98 Å². The molecule has 0 aliphatic heterocycles. The Labute approximate surface area is 138 Å². The zero-order valence-corrected chi connectivity index (χ0v) is 13.9. The topological polar surface area (TPSA) is 97.7 Å². The van der Waals surface area contributed by atoms with Gasteiger partial charge in [0.2, 0.25) is 0 Å². The number of pyridine rings is 1. The van der Waals surface area contributed by atoms with Crippen molar-refractivity contribution < 1.29 is 9.47 Å². The van der Waals surface area contributed by atoms with Gasteiger partial charge in [0.25, 0.3) is 5.69 Å². The average Bonchev–Trinajstić information content (AvgIpc) is 2.95. The van der Waals surface area contributed by atoms with Crippen molar-refractivity contribution in [3.8, 4) is 5.88 Å². The van der Waals surface area contributed by atoms with Crippen LogP contribution in [0.1, 0.15) is 30.8 Å². The first-order chi connectivity index (χ1) is 11.5. The first-order valence-electron chi connectivity index (χ1n) is 7.83. The van der Waals surface area contributed by atoms with Gasteiger partial charge >= 0.3 is 11.4 Å². The molecule has 0 atom stereocenters. The fourth-order valence-corrected chi connectivity index (χ4v) is 2.84. The van der Waals surface area contributed by atoms with Crippen molar-refractivity contribution in [3.63, 3.8) is 0 Å². The summed E-state index contributed by atoms with van der Waals surface area (Å²) < 4.78 is 5.88. The summed E-state index contributed by atoms with van der Waals surface area (Å²) in [4.78, 5) is 22.4. The van der Waals surface area contributed by atoms with Gasteiger partial charge in [0.1, 0.15) is 11.3 Å². The van der Waals surface area contributed by atoms with E-state index in [0.29, 0.717) is 23.3 Å². The summed E-state index contributed by atoms with van der Waals surface area (Å²) in [6.45, 7) is 3.91. The van der Waals surface area contributed by atoms with Crippen LogP contribution >= 0.6 is 0 Å². The number of hydrogen-bond donors (Lipinski definition) is 2. The fraction of sp³-hybridized carbons (Fsp3) is 0.353. The van der Waals surface area contributed by atoms with Crippen LogP contribution < -0.4 is 15.0 Å². The Morgan fingerprint density at radius 3 is 2.92 bits per heavy atom. The number of ether oxygens (including phenoxy) is 1. The molecule has 0 aliphatic rings. The Bertz CT molecular complexity index is 927. The fourth-order valence-electron chi connectivity index (χ4n) is 2.84. The van der Waals surface area contributed by atoms with E-state index in [-0.39, 0.29) is 23.1 Å². The molecule has 0 bridgehead atoms. The Balaban J connectivity index is 2.06. The molecular weight excluding hydrogens is 308 g/mol. The van der Waals surface area contributed by atoms with Crippen molar-refractivity contribution in [2.45, 2.75) is 26.7 Å². The number of methoxy groups -OCH3 is 1. The van der Waals surface area contributed by atoms with Crippen LogP contribution in [0.25, 0.3) is 11.0 Å². The maximum atomic E-state index is 12.5. The van der Waals surface area contributed by atoms with Gasteiger partial charge in [-0.1, -0.05) is 13.8 Å². The summed E-state index contributed by atoms with van der Waals surface area (Å²) in [5, 5.41) is 13.5. The van der Waals surface area contributed by atoms with E-state index in [1.54, 1.807) is 6.20 Å². The molecule has 0 aliphatic carbocycles. The summed E-state index contributed by atoms with van der Waals surface area (Å²) in [7, 11) is 1.43. The Morgan fingerprint density at radius 2 is 2.21 bits per heavy atom. The second-order valence-electron chi connectivity index (χ2n) is 6.17. The molecule has 24 heavy (non-hydrogen) atoms. The average molecular weight is 328 g/mol. The van der Waals surface area contributed by atoms with Gasteiger partial charge in [0.05, 0.1) is 7.11 Å². The summed E-state index contributed by atoms with van der Waals surface area (Å²) >= 11 is 0. The highest BCUT2D eigenvalue weighted by atomic mass is 16.5. The minimum Gasteiger partial charge on any atom is -0.616 e. The second kappa shape index (κ2) is 6.35. The molecule has 7 heteroatoms. The number of H-pyrrole nitrogens is 2. The minimum atomic E-state index is -0.368. The van der Waals surface area contributed by atoms with Gasteiger partial charge in [0.15, 0.2) is 0 Å². The van der Waals surface area contributed by atoms with Crippen LogP contribution in [-0.4, -0.2) is 22.1 Å². The molecule has 3 heterocycles. The summed E-state index contributed by atoms with van der Waals surface area (Å²) in [5.74, 6) is 0.324. The number of rotatable bonds is 5. The van der Waals surface area contributed by atoms with Crippen molar-refractivity contribution in [1.29, 1.82) is 0 Å². The third-order valence-corrected chi connectivity index (χ3v) is 3.91. The lowest BCUT2D eigenvalue weighted by molar-refractivity contribution is -0.622. The summed E-state index contributed by atoms with van der Waals surface area (Å²) in [6, 6.07) is 3.79. The standard InChI is InChI=1S/C17H20N4O3/c1-10(2)7-14-16(22)20-13(17(24-3)21(14)23)8-11-9-19-15-12(11)5-4-6-18-15/h4-6,9-10H,7-8H2,1-3H3,(H,18,19)(H,20,22). The van der Waals surface area contributed by atoms with Crippen LogP contribution in [0.15, 0.2) is 29.3 Å². The van der Waals surface area contributed by atoms with Gasteiger partial charge in [-0.15, -0.1) is 4.73 Å². The molecule has 0 unspecified atom stereocenters. The highest BCUT2D eigenvalue weighted by Crippen LogP contribution is 2.21. The lowest BCUT2D eigenvalue weighted by Gasteiger charge is -2.12. The van der Waals surface area contributed by atoms with Gasteiger partial charge in [0, 0.05) is 30.6 Å². The van der Waals surface area contributed by atoms with E-state index in [4.69, 9.17) is 4.74 Å². The summed E-state index contributed by atoms with van der Waals surface area (Å²) in [6.07, 6.45) is 4.30. The third kappa shape index (κ3) is 2.84. The van der Waals surface area contributed by atoms with E-state index < -0.39 is 0 Å². The van der Waals surface area contributed by atoms with E-state index in [1.807, 2.05) is 32.2 Å². The molecule has 7 nitrogen and oxygen atoms in total. The maximum Gasteiger partial charge on any atom is 0.400 e. The molecule has 2 N–H and O–H groups in total. The molecule has 3 aromatic rings. The van der Waals surface area contributed by atoms with Gasteiger partial charge in [-0.2, -0.15) is 0 Å². The molecular formula is C17H20N4O3. The highest BCUT2D eigenvalue weighted by molar-refractivity contribution is 5.79. The van der Waals surface area contributed by atoms with Crippen LogP contribution in [-0.2, 0) is 12.8 Å². The molecule has 0 radical (unpaired) electrons. The summed E-state index contributed by atoms with van der Waals surface area (Å²) in [5.41, 5.74) is 1.96. The lowest BCUT2D eigenvalue weighted by Crippen LogP contribution is -2.43. The van der Waals surface area contributed by atoms with Crippen LogP contribution in [0.2, 0.25) is 0 Å². The van der Waals surface area contributed by atoms with Crippen LogP contribution in [0, 0.1) is 11.1 Å². The third-order valence-electron chi connectivity index (χ3n) is 3.91. The SMILES string of the molecule is COc1c(Cc2c[nH]c3ncccc23)[nH]c(=O)c(CC(C)C)[n+]1[O-]. The molecule has 0 spiro atoms. The predicted octanol–water partition coefficient (Wildman–Crippen LogP) is 1.68. The van der Waals surface area contributed by atoms with E-state index in [0.717, 1.165) is 16.6 Å². The van der Waals surface area contributed by atoms with Gasteiger partial charge in [-0.3, -0.25) is 4.79 Å². The molecule has 0 amide bonds. The van der Waals surface area contributed by atoms with Gasteiger partial charge in [-0.05, 0) is 23.6 Å². The molecule has 0 saturated heterocycles. The molecule has 0 saturated carbocycles. The minimum absolute atomic E-state index is 0.128. The van der Waals surface area contributed by atoms with Crippen molar-refractivity contribution in [1.82, 2.24) is 15.0 Å². The van der Waals surface area contributed by atoms with E-state index in [9.17, 15) is 10.0 Å². The molecule has 3 rings (SSSR count). The Kier molecular flexibility index (Phi) is 4.24. The monoisotopic (exact) mass is 328 g/mol. The number of fused-ring (bicyclic) bond motifs is 1.